The largest absolute Gasteiger partial charge is 0.369 e. The van der Waals surface area contributed by atoms with Gasteiger partial charge in [-0.1, -0.05) is 12.1 Å². The van der Waals surface area contributed by atoms with Crippen molar-refractivity contribution in [2.75, 3.05) is 38.1 Å². The second-order valence-corrected chi connectivity index (χ2v) is 6.97. The minimum Gasteiger partial charge on any atom is -0.369 e. The second kappa shape index (κ2) is 5.98. The molecule has 23 heavy (non-hydrogen) atoms. The first-order chi connectivity index (χ1) is 11.2. The van der Waals surface area contributed by atoms with Gasteiger partial charge in [0.05, 0.1) is 11.9 Å². The van der Waals surface area contributed by atoms with Crippen LogP contribution in [0.3, 0.4) is 0 Å². The first kappa shape index (κ1) is 14.7. The maximum atomic E-state index is 4.48. The first-order valence-electron chi connectivity index (χ1n) is 7.87. The molecule has 0 saturated carbocycles. The molecule has 2 aromatic heterocycles. The van der Waals surface area contributed by atoms with Gasteiger partial charge in [-0.05, 0) is 47.2 Å². The summed E-state index contributed by atoms with van der Waals surface area (Å²) >= 11 is 3.53. The van der Waals surface area contributed by atoms with Gasteiger partial charge in [-0.15, -0.1) is 0 Å². The van der Waals surface area contributed by atoms with Crippen LogP contribution in [0.5, 0.6) is 0 Å². The number of halogens is 1. The van der Waals surface area contributed by atoms with Gasteiger partial charge in [-0.3, -0.25) is 4.40 Å². The SMILES string of the molecule is CN1CCN(c2ccc(-c3cnc4ccc(Br)cn34)cc2)CC1. The van der Waals surface area contributed by atoms with Gasteiger partial charge in [0.15, 0.2) is 0 Å². The molecule has 0 radical (unpaired) electrons. The number of hydrogen-bond acceptors (Lipinski definition) is 3. The van der Waals surface area contributed by atoms with Crippen LogP contribution in [0.15, 0.2) is 53.3 Å². The molecule has 3 aromatic rings. The lowest BCUT2D eigenvalue weighted by Gasteiger charge is -2.34. The molecule has 118 valence electrons. The van der Waals surface area contributed by atoms with Crippen molar-refractivity contribution in [2.24, 2.45) is 0 Å². The van der Waals surface area contributed by atoms with Crippen molar-refractivity contribution in [3.05, 3.63) is 53.3 Å². The molecule has 3 heterocycles. The van der Waals surface area contributed by atoms with E-state index >= 15 is 0 Å². The number of likely N-dealkylation sites (N-methyl/N-ethyl adjacent to an activating group) is 1. The summed E-state index contributed by atoms with van der Waals surface area (Å²) in [4.78, 5) is 9.31. The molecule has 0 N–H and O–H groups in total. The molecule has 0 aliphatic carbocycles. The Bertz CT molecular complexity index is 817. The molecule has 0 unspecified atom stereocenters. The van der Waals surface area contributed by atoms with Crippen LogP contribution >= 0.6 is 15.9 Å². The zero-order valence-corrected chi connectivity index (χ0v) is 14.7. The number of aromatic nitrogens is 2. The first-order valence-corrected chi connectivity index (χ1v) is 8.66. The highest BCUT2D eigenvalue weighted by molar-refractivity contribution is 9.10. The molecule has 4 nitrogen and oxygen atoms in total. The van der Waals surface area contributed by atoms with Gasteiger partial charge in [-0.25, -0.2) is 4.98 Å². The predicted molar refractivity (Wildman–Crippen MR) is 98.0 cm³/mol. The van der Waals surface area contributed by atoms with E-state index in [1.807, 2.05) is 18.3 Å². The van der Waals surface area contributed by atoms with Crippen molar-refractivity contribution in [1.29, 1.82) is 0 Å². The third-order valence-electron chi connectivity index (χ3n) is 4.50. The summed E-state index contributed by atoms with van der Waals surface area (Å²) in [5, 5.41) is 0. The lowest BCUT2D eigenvalue weighted by molar-refractivity contribution is 0.313. The maximum Gasteiger partial charge on any atom is 0.137 e. The highest BCUT2D eigenvalue weighted by atomic mass is 79.9. The summed E-state index contributed by atoms with van der Waals surface area (Å²) < 4.78 is 3.17. The number of fused-ring (bicyclic) bond motifs is 1. The smallest absolute Gasteiger partial charge is 0.137 e. The Hall–Kier alpha value is -1.85. The summed E-state index contributed by atoms with van der Waals surface area (Å²) in [6, 6.07) is 12.9. The summed E-state index contributed by atoms with van der Waals surface area (Å²) in [7, 11) is 2.18. The quantitative estimate of drug-likeness (QED) is 0.689. The molecule has 0 spiro atoms. The highest BCUT2D eigenvalue weighted by Crippen LogP contribution is 2.25. The van der Waals surface area contributed by atoms with Crippen molar-refractivity contribution in [3.8, 4) is 11.3 Å². The van der Waals surface area contributed by atoms with E-state index < -0.39 is 0 Å². The second-order valence-electron chi connectivity index (χ2n) is 6.06. The summed E-state index contributed by atoms with van der Waals surface area (Å²) in [6.07, 6.45) is 4.00. The van der Waals surface area contributed by atoms with Crippen LogP contribution in [0.25, 0.3) is 16.9 Å². The van der Waals surface area contributed by atoms with Gasteiger partial charge < -0.3 is 9.80 Å². The zero-order valence-electron chi connectivity index (χ0n) is 13.1. The molecule has 1 aliphatic rings. The molecular formula is C18H19BrN4. The molecular weight excluding hydrogens is 352 g/mol. The van der Waals surface area contributed by atoms with E-state index in [2.05, 4.69) is 72.6 Å². The van der Waals surface area contributed by atoms with Crippen molar-refractivity contribution < 1.29 is 0 Å². The van der Waals surface area contributed by atoms with Crippen molar-refractivity contribution in [1.82, 2.24) is 14.3 Å². The molecule has 0 bridgehead atoms. The zero-order chi connectivity index (χ0) is 15.8. The Labute approximate surface area is 144 Å². The average Bonchev–Trinajstić information content (AvgIpc) is 2.99. The van der Waals surface area contributed by atoms with Crippen molar-refractivity contribution >= 4 is 27.3 Å². The van der Waals surface area contributed by atoms with Crippen LogP contribution in [-0.4, -0.2) is 47.5 Å². The number of rotatable bonds is 2. The summed E-state index contributed by atoms with van der Waals surface area (Å²) in [6.45, 7) is 4.45. The number of hydrogen-bond donors (Lipinski definition) is 0. The third kappa shape index (κ3) is 2.86. The van der Waals surface area contributed by atoms with Gasteiger partial charge >= 0.3 is 0 Å². The monoisotopic (exact) mass is 370 g/mol. The van der Waals surface area contributed by atoms with Crippen LogP contribution in [0, 0.1) is 0 Å². The minimum atomic E-state index is 0.964. The molecule has 5 heteroatoms. The van der Waals surface area contributed by atoms with Crippen LogP contribution in [0.2, 0.25) is 0 Å². The van der Waals surface area contributed by atoms with Crippen LogP contribution in [0.1, 0.15) is 0 Å². The van der Waals surface area contributed by atoms with E-state index in [0.29, 0.717) is 0 Å². The minimum absolute atomic E-state index is 0.964. The van der Waals surface area contributed by atoms with E-state index in [1.165, 1.54) is 11.3 Å². The van der Waals surface area contributed by atoms with Crippen molar-refractivity contribution in [3.63, 3.8) is 0 Å². The number of pyridine rings is 1. The fraction of sp³-hybridized carbons (Fsp3) is 0.278. The van der Waals surface area contributed by atoms with Gasteiger partial charge in [0.25, 0.3) is 0 Å². The lowest BCUT2D eigenvalue weighted by atomic mass is 10.1. The Morgan fingerprint density at radius 3 is 2.43 bits per heavy atom. The maximum absolute atomic E-state index is 4.48. The Morgan fingerprint density at radius 1 is 0.957 bits per heavy atom. The van der Waals surface area contributed by atoms with Gasteiger partial charge in [-0.2, -0.15) is 0 Å². The average molecular weight is 371 g/mol. The molecule has 0 atom stereocenters. The fourth-order valence-electron chi connectivity index (χ4n) is 3.08. The Morgan fingerprint density at radius 2 is 1.70 bits per heavy atom. The van der Waals surface area contributed by atoms with E-state index in [-0.39, 0.29) is 0 Å². The van der Waals surface area contributed by atoms with Crippen molar-refractivity contribution in [2.45, 2.75) is 0 Å². The van der Waals surface area contributed by atoms with E-state index in [0.717, 1.165) is 42.0 Å². The normalized spacial score (nSPS) is 16.2. The Balaban J connectivity index is 1.63. The number of benzene rings is 1. The van der Waals surface area contributed by atoms with Gasteiger partial charge in [0, 0.05) is 48.1 Å². The van der Waals surface area contributed by atoms with Gasteiger partial charge in [0.1, 0.15) is 5.65 Å². The van der Waals surface area contributed by atoms with E-state index in [9.17, 15) is 0 Å². The third-order valence-corrected chi connectivity index (χ3v) is 4.97. The number of imidazole rings is 1. The standard InChI is InChI=1S/C18H19BrN4/c1-21-8-10-22(11-9-21)16-5-2-14(3-6-16)17-12-20-18-7-4-15(19)13-23(17)18/h2-7,12-13H,8-11H2,1H3. The fourth-order valence-corrected chi connectivity index (χ4v) is 3.41. The summed E-state index contributed by atoms with van der Waals surface area (Å²) in [5.41, 5.74) is 4.57. The summed E-state index contributed by atoms with van der Waals surface area (Å²) in [5.74, 6) is 0. The number of nitrogens with zero attached hydrogens (tertiary/aromatic N) is 4. The van der Waals surface area contributed by atoms with Crippen LogP contribution in [-0.2, 0) is 0 Å². The highest BCUT2D eigenvalue weighted by Gasteiger charge is 2.14. The molecule has 1 fully saturated rings. The predicted octanol–water partition coefficient (Wildman–Crippen LogP) is 3.52. The lowest BCUT2D eigenvalue weighted by Crippen LogP contribution is -2.44. The molecule has 0 amide bonds. The molecule has 1 aliphatic heterocycles. The Kier molecular flexibility index (Phi) is 3.83. The van der Waals surface area contributed by atoms with Crippen LogP contribution < -0.4 is 4.90 Å². The molecule has 1 saturated heterocycles. The number of piperazine rings is 1. The van der Waals surface area contributed by atoms with E-state index in [4.69, 9.17) is 0 Å². The van der Waals surface area contributed by atoms with E-state index in [1.54, 1.807) is 0 Å². The number of anilines is 1. The van der Waals surface area contributed by atoms with Crippen LogP contribution in [0.4, 0.5) is 5.69 Å². The molecule has 1 aromatic carbocycles. The van der Waals surface area contributed by atoms with Gasteiger partial charge in [0.2, 0.25) is 0 Å². The topological polar surface area (TPSA) is 23.8 Å². The molecule has 4 rings (SSSR count).